The number of thiophene rings is 1. The number of amides is 3. The minimum absolute atomic E-state index is 0.321. The van der Waals surface area contributed by atoms with Gasteiger partial charge >= 0.3 is 0 Å². The molecule has 0 radical (unpaired) electrons. The zero-order valence-corrected chi connectivity index (χ0v) is 12.4. The maximum absolute atomic E-state index is 12.3. The first-order valence-corrected chi connectivity index (χ1v) is 7.87. The van der Waals surface area contributed by atoms with E-state index in [4.69, 9.17) is 0 Å². The van der Waals surface area contributed by atoms with Gasteiger partial charge in [-0.05, 0) is 43.0 Å². The van der Waals surface area contributed by atoms with Crippen LogP contribution in [0.1, 0.15) is 47.2 Å². The molecule has 3 amide bonds. The van der Waals surface area contributed by atoms with Crippen molar-refractivity contribution < 1.29 is 14.4 Å². The second-order valence-electron chi connectivity index (χ2n) is 5.34. The average molecular weight is 312 g/mol. The standard InChI is InChI=1S/C16H12N2O3S/c19-14(13-8-9-4-3-7-12(9)22-13)17-18-15(20)10-5-1-2-6-11(10)16(18)21/h1-2,5-6,8H,3-4,7H2,(H,17,19). The van der Waals surface area contributed by atoms with Gasteiger partial charge in [0, 0.05) is 4.88 Å². The fourth-order valence-corrected chi connectivity index (χ4v) is 4.03. The number of hydrazine groups is 1. The molecule has 0 unspecified atom stereocenters. The Kier molecular flexibility index (Phi) is 2.87. The summed E-state index contributed by atoms with van der Waals surface area (Å²) in [7, 11) is 0. The zero-order chi connectivity index (χ0) is 15.3. The quantitative estimate of drug-likeness (QED) is 0.864. The number of nitrogens with one attached hydrogen (secondary N) is 1. The Labute approximate surface area is 130 Å². The number of carbonyl (C=O) groups is 3. The van der Waals surface area contributed by atoms with Gasteiger partial charge in [0.15, 0.2) is 0 Å². The van der Waals surface area contributed by atoms with Crippen LogP contribution in [-0.4, -0.2) is 22.7 Å². The molecule has 0 bridgehead atoms. The van der Waals surface area contributed by atoms with E-state index in [1.165, 1.54) is 21.8 Å². The van der Waals surface area contributed by atoms with Gasteiger partial charge in [-0.25, -0.2) is 0 Å². The van der Waals surface area contributed by atoms with Crippen LogP contribution in [0, 0.1) is 0 Å². The number of hydrogen-bond acceptors (Lipinski definition) is 4. The van der Waals surface area contributed by atoms with Gasteiger partial charge in [-0.3, -0.25) is 19.8 Å². The fourth-order valence-electron chi connectivity index (χ4n) is 2.89. The first-order valence-electron chi connectivity index (χ1n) is 7.05. The third kappa shape index (κ3) is 1.88. The molecule has 5 nitrogen and oxygen atoms in total. The molecule has 110 valence electrons. The van der Waals surface area contributed by atoms with Gasteiger partial charge in [-0.1, -0.05) is 12.1 Å². The highest BCUT2D eigenvalue weighted by Gasteiger charge is 2.37. The molecule has 1 aromatic heterocycles. The smallest absolute Gasteiger partial charge is 0.267 e. The maximum atomic E-state index is 12.3. The van der Waals surface area contributed by atoms with Crippen LogP contribution in [0.25, 0.3) is 0 Å². The van der Waals surface area contributed by atoms with Crippen LogP contribution < -0.4 is 5.43 Å². The predicted octanol–water partition coefficient (Wildman–Crippen LogP) is 2.18. The Morgan fingerprint density at radius 2 is 1.77 bits per heavy atom. The van der Waals surface area contributed by atoms with E-state index in [-0.39, 0.29) is 0 Å². The van der Waals surface area contributed by atoms with Crippen molar-refractivity contribution in [1.29, 1.82) is 0 Å². The topological polar surface area (TPSA) is 66.5 Å². The van der Waals surface area contributed by atoms with E-state index in [9.17, 15) is 14.4 Å². The van der Waals surface area contributed by atoms with Crippen LogP contribution in [0.15, 0.2) is 30.3 Å². The van der Waals surface area contributed by atoms with Gasteiger partial charge < -0.3 is 0 Å². The molecule has 6 heteroatoms. The highest BCUT2D eigenvalue weighted by Crippen LogP contribution is 2.30. The first-order chi connectivity index (χ1) is 10.6. The van der Waals surface area contributed by atoms with Crippen molar-refractivity contribution in [3.05, 3.63) is 56.8 Å². The van der Waals surface area contributed by atoms with Gasteiger partial charge in [0.05, 0.1) is 16.0 Å². The van der Waals surface area contributed by atoms with Crippen molar-refractivity contribution in [2.45, 2.75) is 19.3 Å². The van der Waals surface area contributed by atoms with E-state index in [0.717, 1.165) is 24.3 Å². The normalized spacial score (nSPS) is 15.9. The number of rotatable bonds is 2. The van der Waals surface area contributed by atoms with Crippen molar-refractivity contribution in [2.75, 3.05) is 0 Å². The maximum Gasteiger partial charge on any atom is 0.280 e. The molecule has 1 aromatic carbocycles. The lowest BCUT2D eigenvalue weighted by molar-refractivity contribution is 0.0519. The van der Waals surface area contributed by atoms with Gasteiger partial charge in [-0.2, -0.15) is 5.01 Å². The summed E-state index contributed by atoms with van der Waals surface area (Å²) in [5.41, 5.74) is 4.28. The average Bonchev–Trinajstić information content (AvgIpc) is 3.17. The summed E-state index contributed by atoms with van der Waals surface area (Å²) >= 11 is 1.44. The molecule has 2 aromatic rings. The minimum Gasteiger partial charge on any atom is -0.267 e. The van der Waals surface area contributed by atoms with Gasteiger partial charge in [-0.15, -0.1) is 11.3 Å². The van der Waals surface area contributed by atoms with Crippen molar-refractivity contribution in [3.8, 4) is 0 Å². The fraction of sp³-hybridized carbons (Fsp3) is 0.188. The minimum atomic E-state index is -0.488. The second-order valence-corrected chi connectivity index (χ2v) is 6.48. The molecule has 1 N–H and O–H groups in total. The largest absolute Gasteiger partial charge is 0.280 e. The summed E-state index contributed by atoms with van der Waals surface area (Å²) in [6.45, 7) is 0. The summed E-state index contributed by atoms with van der Waals surface area (Å²) in [4.78, 5) is 38.5. The third-order valence-corrected chi connectivity index (χ3v) is 5.21. The van der Waals surface area contributed by atoms with Gasteiger partial charge in [0.1, 0.15) is 0 Å². The summed E-state index contributed by atoms with van der Waals surface area (Å²) in [6, 6.07) is 8.42. The monoisotopic (exact) mass is 312 g/mol. The number of imide groups is 1. The number of nitrogens with zero attached hydrogens (tertiary/aromatic N) is 1. The molecule has 2 aliphatic rings. The van der Waals surface area contributed by atoms with E-state index in [1.54, 1.807) is 24.3 Å². The Morgan fingerprint density at radius 3 is 2.41 bits per heavy atom. The highest BCUT2D eigenvalue weighted by molar-refractivity contribution is 7.14. The Balaban J connectivity index is 1.58. The summed E-state index contributed by atoms with van der Waals surface area (Å²) in [5, 5.41) is 0.803. The van der Waals surface area contributed by atoms with Crippen LogP contribution in [0.2, 0.25) is 0 Å². The molecule has 0 spiro atoms. The summed E-state index contributed by atoms with van der Waals surface area (Å²) < 4.78 is 0. The summed E-state index contributed by atoms with van der Waals surface area (Å²) in [5.74, 6) is -1.38. The lowest BCUT2D eigenvalue weighted by Gasteiger charge is -2.14. The SMILES string of the molecule is O=C(NN1C(=O)c2ccccc2C1=O)c1cc2c(s1)CCC2. The van der Waals surface area contributed by atoms with Crippen LogP contribution in [0.3, 0.4) is 0 Å². The second kappa shape index (κ2) is 4.78. The molecule has 0 saturated heterocycles. The number of benzene rings is 1. The van der Waals surface area contributed by atoms with Crippen LogP contribution in [0.5, 0.6) is 0 Å². The number of aryl methyl sites for hydroxylation is 2. The van der Waals surface area contributed by atoms with Crippen LogP contribution in [0.4, 0.5) is 0 Å². The van der Waals surface area contributed by atoms with Crippen molar-refractivity contribution in [2.24, 2.45) is 0 Å². The first kappa shape index (κ1) is 13.2. The van der Waals surface area contributed by atoms with E-state index >= 15 is 0 Å². The molecule has 0 fully saturated rings. The predicted molar refractivity (Wildman–Crippen MR) is 80.8 cm³/mol. The molecule has 22 heavy (non-hydrogen) atoms. The zero-order valence-electron chi connectivity index (χ0n) is 11.6. The van der Waals surface area contributed by atoms with Crippen molar-refractivity contribution >= 4 is 29.1 Å². The van der Waals surface area contributed by atoms with Crippen LogP contribution in [-0.2, 0) is 12.8 Å². The number of fused-ring (bicyclic) bond motifs is 2. The van der Waals surface area contributed by atoms with Gasteiger partial charge in [0.2, 0.25) is 0 Å². The van der Waals surface area contributed by atoms with E-state index < -0.39 is 17.7 Å². The molecular weight excluding hydrogens is 300 g/mol. The van der Waals surface area contributed by atoms with E-state index in [1.807, 2.05) is 6.07 Å². The van der Waals surface area contributed by atoms with E-state index in [2.05, 4.69) is 5.43 Å². The molecule has 1 aliphatic carbocycles. The van der Waals surface area contributed by atoms with Gasteiger partial charge in [0.25, 0.3) is 17.7 Å². The Morgan fingerprint density at radius 1 is 1.09 bits per heavy atom. The third-order valence-electron chi connectivity index (χ3n) is 3.98. The highest BCUT2D eigenvalue weighted by atomic mass is 32.1. The molecule has 2 heterocycles. The number of hydrogen-bond donors (Lipinski definition) is 1. The molecule has 1 aliphatic heterocycles. The van der Waals surface area contributed by atoms with Crippen molar-refractivity contribution in [1.82, 2.24) is 10.4 Å². The Hall–Kier alpha value is -2.47. The molecule has 0 atom stereocenters. The Bertz CT molecular complexity index is 768. The van der Waals surface area contributed by atoms with E-state index in [0.29, 0.717) is 16.0 Å². The lowest BCUT2D eigenvalue weighted by Crippen LogP contribution is -2.45. The van der Waals surface area contributed by atoms with Crippen LogP contribution >= 0.6 is 11.3 Å². The summed E-state index contributed by atoms with van der Waals surface area (Å²) in [6.07, 6.45) is 3.12. The molecular formula is C16H12N2O3S. The molecule has 4 rings (SSSR count). The van der Waals surface area contributed by atoms with Crippen molar-refractivity contribution in [3.63, 3.8) is 0 Å². The number of carbonyl (C=O) groups excluding carboxylic acids is 3. The molecule has 0 saturated carbocycles. The lowest BCUT2D eigenvalue weighted by atomic mass is 10.1.